The first-order valence-electron chi connectivity index (χ1n) is 31.0. The molecule has 0 radical (unpaired) electrons. The van der Waals surface area contributed by atoms with Crippen LogP contribution in [0, 0.1) is 53.3 Å². The van der Waals surface area contributed by atoms with E-state index in [0.29, 0.717) is 29.8 Å². The summed E-state index contributed by atoms with van der Waals surface area (Å²) in [5.41, 5.74) is 7.60. The molecule has 12 saturated carbocycles. The highest BCUT2D eigenvalue weighted by atomic mass is 35.5. The van der Waals surface area contributed by atoms with Gasteiger partial charge in [-0.05, 0) is 269 Å². The van der Waals surface area contributed by atoms with Crippen LogP contribution in [-0.2, 0) is 32.8 Å². The normalized spacial score (nSPS) is 31.4. The minimum atomic E-state index is 0.427. The molecule has 0 amide bonds. The minimum absolute atomic E-state index is 0.427. The SMILES string of the molecule is COc1cccc(COc2ccc(CNC34CC5CC(CC(C5)C3)C4)cc2)c1.Clc1ccc(COc2ccc(CNC34CC5CC(CC(C5)C3)C4)cc2)cc1.c1ccc(Oc2ccc(CNC34CC5CC(CC(C5)C3)C4)cc2)cc1. The molecule has 80 heavy (non-hydrogen) atoms. The fourth-order valence-electron chi connectivity index (χ4n) is 18.2. The number of nitrogens with one attached hydrogen (secondary N) is 3. The van der Waals surface area contributed by atoms with Crippen molar-refractivity contribution in [1.82, 2.24) is 16.0 Å². The van der Waals surface area contributed by atoms with Crippen molar-refractivity contribution < 1.29 is 18.9 Å². The van der Waals surface area contributed by atoms with Gasteiger partial charge in [0.15, 0.2) is 0 Å². The van der Waals surface area contributed by atoms with E-state index < -0.39 is 0 Å². The molecular weight excluding hydrogens is 1010 g/mol. The van der Waals surface area contributed by atoms with Crippen LogP contribution in [-0.4, -0.2) is 23.7 Å². The van der Waals surface area contributed by atoms with Crippen molar-refractivity contribution in [1.29, 1.82) is 0 Å². The highest BCUT2D eigenvalue weighted by molar-refractivity contribution is 6.30. The maximum Gasteiger partial charge on any atom is 0.127 e. The number of rotatable bonds is 18. The van der Waals surface area contributed by atoms with Gasteiger partial charge in [0.1, 0.15) is 42.0 Å². The van der Waals surface area contributed by atoms with Crippen molar-refractivity contribution in [3.05, 3.63) is 184 Å². The van der Waals surface area contributed by atoms with Gasteiger partial charge >= 0.3 is 0 Å². The van der Waals surface area contributed by atoms with Crippen molar-refractivity contribution >= 4 is 11.6 Å². The second-order valence-electron chi connectivity index (χ2n) is 27.1. The van der Waals surface area contributed by atoms with Crippen LogP contribution in [0.1, 0.15) is 143 Å². The maximum atomic E-state index is 5.95. The lowest BCUT2D eigenvalue weighted by Gasteiger charge is -2.57. The third-order valence-electron chi connectivity index (χ3n) is 20.7. The van der Waals surface area contributed by atoms with Gasteiger partial charge in [-0.15, -0.1) is 0 Å². The number of methoxy groups -OCH3 is 1. The molecule has 6 aromatic carbocycles. The molecule has 0 aliphatic heterocycles. The first-order chi connectivity index (χ1) is 39.1. The molecule has 12 aliphatic rings. The lowest BCUT2D eigenvalue weighted by molar-refractivity contribution is -0.0207. The van der Waals surface area contributed by atoms with Gasteiger partial charge in [-0.2, -0.15) is 0 Å². The Kier molecular flexibility index (Phi) is 16.1. The summed E-state index contributed by atoms with van der Waals surface area (Å²) in [6.45, 7) is 4.06. The van der Waals surface area contributed by atoms with E-state index in [9.17, 15) is 0 Å². The molecule has 3 N–H and O–H groups in total. The van der Waals surface area contributed by atoms with Crippen molar-refractivity contribution in [2.24, 2.45) is 53.3 Å². The van der Waals surface area contributed by atoms with Crippen LogP contribution in [0.3, 0.4) is 0 Å². The summed E-state index contributed by atoms with van der Waals surface area (Å²) in [4.78, 5) is 0. The van der Waals surface area contributed by atoms with Crippen molar-refractivity contribution in [2.75, 3.05) is 7.11 Å². The summed E-state index contributed by atoms with van der Waals surface area (Å²) in [5, 5.41) is 12.7. The van der Waals surface area contributed by atoms with Gasteiger partial charge in [-0.25, -0.2) is 0 Å². The third-order valence-corrected chi connectivity index (χ3v) is 21.0. The average molecular weight is 1090 g/mol. The highest BCUT2D eigenvalue weighted by Crippen LogP contribution is 2.58. The molecule has 8 heteroatoms. The summed E-state index contributed by atoms with van der Waals surface area (Å²) >= 11 is 5.93. The summed E-state index contributed by atoms with van der Waals surface area (Å²) in [6, 6.07) is 51.6. The zero-order valence-electron chi connectivity index (χ0n) is 47.4. The fourth-order valence-corrected chi connectivity index (χ4v) is 18.4. The van der Waals surface area contributed by atoms with E-state index in [2.05, 4.69) is 94.8 Å². The number of hydrogen-bond acceptors (Lipinski definition) is 7. The maximum absolute atomic E-state index is 5.95. The van der Waals surface area contributed by atoms with Crippen LogP contribution in [0.25, 0.3) is 0 Å². The van der Waals surface area contributed by atoms with Crippen molar-refractivity contribution in [2.45, 2.75) is 165 Å². The number of ether oxygens (including phenoxy) is 4. The predicted octanol–water partition coefficient (Wildman–Crippen LogP) is 16.8. The van der Waals surface area contributed by atoms with Gasteiger partial charge in [-0.3, -0.25) is 0 Å². The van der Waals surface area contributed by atoms with E-state index in [1.807, 2.05) is 72.8 Å². The number of benzene rings is 6. The Morgan fingerprint density at radius 2 is 0.675 bits per heavy atom. The highest BCUT2D eigenvalue weighted by Gasteiger charge is 2.53. The lowest BCUT2D eigenvalue weighted by Crippen LogP contribution is -2.58. The molecule has 0 saturated heterocycles. The van der Waals surface area contributed by atoms with Crippen molar-refractivity contribution in [3.8, 4) is 28.7 Å². The molecular formula is C72H86ClN3O4. The van der Waals surface area contributed by atoms with Gasteiger partial charge in [0.25, 0.3) is 0 Å². The molecule has 12 aliphatic carbocycles. The molecule has 0 atom stereocenters. The largest absolute Gasteiger partial charge is 0.497 e. The van der Waals surface area contributed by atoms with Crippen LogP contribution in [0.2, 0.25) is 5.02 Å². The van der Waals surface area contributed by atoms with Crippen LogP contribution < -0.4 is 34.9 Å². The summed E-state index contributed by atoms with van der Waals surface area (Å²) < 4.78 is 23.0. The molecule has 0 unspecified atom stereocenters. The molecule has 0 spiro atoms. The Morgan fingerprint density at radius 3 is 1.05 bits per heavy atom. The zero-order chi connectivity index (χ0) is 53.9. The van der Waals surface area contributed by atoms with E-state index in [1.54, 1.807) is 7.11 Å². The smallest absolute Gasteiger partial charge is 0.127 e. The standard InChI is InChI=1S/C25H31NO2.C24H28ClNO.C23H27NO/c1-27-24-4-2-3-19(12-24)17-28-23-7-5-18(6-8-23)16-26-25-13-20-9-21(14-25)11-22(10-20)15-25;25-22-5-1-18(2-6-22)16-27-23-7-3-17(4-8-23)15-26-24-12-19-9-20(13-24)11-21(10-19)14-24;1-2-4-21(5-3-1)25-22-8-6-17(7-9-22)16-24-23-13-18-10-19(14-23)12-20(11-18)15-23/h2-8,12,20-22,26H,9-11,13-17H2,1H3;1-8,19-21,26H,9-16H2;1-9,18-20,24H,10-16H2. The van der Waals surface area contributed by atoms with Gasteiger partial charge in [-0.1, -0.05) is 90.5 Å². The van der Waals surface area contributed by atoms with E-state index in [1.165, 1.54) is 132 Å². The first kappa shape index (κ1) is 54.0. The van der Waals surface area contributed by atoms with E-state index in [4.69, 9.17) is 30.5 Å². The molecule has 6 aromatic rings. The van der Waals surface area contributed by atoms with Crippen LogP contribution in [0.5, 0.6) is 28.7 Å². The molecule has 18 rings (SSSR count). The second kappa shape index (κ2) is 23.9. The number of para-hydroxylation sites is 1. The Balaban J connectivity index is 0.000000114. The molecule has 12 fully saturated rings. The second-order valence-corrected chi connectivity index (χ2v) is 27.5. The Bertz CT molecular complexity index is 2860. The monoisotopic (exact) mass is 1090 g/mol. The van der Waals surface area contributed by atoms with Gasteiger partial charge in [0.2, 0.25) is 0 Å². The minimum Gasteiger partial charge on any atom is -0.497 e. The summed E-state index contributed by atoms with van der Waals surface area (Å²) in [5.74, 6) is 13.5. The zero-order valence-corrected chi connectivity index (χ0v) is 48.2. The Morgan fingerprint density at radius 1 is 0.350 bits per heavy atom. The van der Waals surface area contributed by atoms with E-state index in [-0.39, 0.29) is 0 Å². The Hall–Kier alpha value is -5.31. The van der Waals surface area contributed by atoms with Gasteiger partial charge in [0, 0.05) is 41.3 Å². The fraction of sp³-hybridized carbons (Fsp3) is 0.500. The van der Waals surface area contributed by atoms with Crippen LogP contribution >= 0.6 is 11.6 Å². The molecule has 0 aromatic heterocycles. The Labute approximate surface area is 482 Å². The predicted molar refractivity (Wildman–Crippen MR) is 322 cm³/mol. The summed E-state index contributed by atoms with van der Waals surface area (Å²) in [6.07, 6.45) is 26.2. The van der Waals surface area contributed by atoms with Gasteiger partial charge in [0.05, 0.1) is 7.11 Å². The van der Waals surface area contributed by atoms with Gasteiger partial charge < -0.3 is 34.9 Å². The van der Waals surface area contributed by atoms with E-state index >= 15 is 0 Å². The lowest BCUT2D eigenvalue weighted by atomic mass is 9.53. The average Bonchev–Trinajstić information content (AvgIpc) is 3.54. The van der Waals surface area contributed by atoms with Crippen LogP contribution in [0.15, 0.2) is 152 Å². The molecule has 12 bridgehead atoms. The van der Waals surface area contributed by atoms with Crippen LogP contribution in [0.4, 0.5) is 0 Å². The first-order valence-corrected chi connectivity index (χ1v) is 31.4. The topological polar surface area (TPSA) is 73.0 Å². The third kappa shape index (κ3) is 13.3. The van der Waals surface area contributed by atoms with E-state index in [0.717, 1.165) is 118 Å². The number of halogens is 1. The van der Waals surface area contributed by atoms with Crippen molar-refractivity contribution in [3.63, 3.8) is 0 Å². The summed E-state index contributed by atoms with van der Waals surface area (Å²) in [7, 11) is 1.69. The number of hydrogen-bond donors (Lipinski definition) is 3. The molecule has 420 valence electrons. The molecule has 7 nitrogen and oxygen atoms in total. The quantitative estimate of drug-likeness (QED) is 0.0792. The molecule has 0 heterocycles.